The van der Waals surface area contributed by atoms with Gasteiger partial charge in [0.05, 0.1) is 11.4 Å². The number of nitrogens with zero attached hydrogens (tertiary/aromatic N) is 3. The molecule has 1 aromatic heterocycles. The molecule has 0 aromatic carbocycles. The number of rotatable bonds is 6. The summed E-state index contributed by atoms with van der Waals surface area (Å²) in [6.45, 7) is 9.68. The number of hydrogen-bond donors (Lipinski definition) is 0. The molecule has 1 fully saturated rings. The first kappa shape index (κ1) is 16.5. The molecule has 1 saturated heterocycles. The van der Waals surface area contributed by atoms with Gasteiger partial charge in [0, 0.05) is 44.5 Å². The lowest BCUT2D eigenvalue weighted by molar-refractivity contribution is 0.127. The van der Waals surface area contributed by atoms with Crippen molar-refractivity contribution in [3.8, 4) is 0 Å². The Kier molecular flexibility index (Phi) is 5.40. The fourth-order valence-corrected chi connectivity index (χ4v) is 3.33. The van der Waals surface area contributed by atoms with Crippen LogP contribution in [0.1, 0.15) is 23.4 Å². The molecule has 0 radical (unpaired) electrons. The van der Waals surface area contributed by atoms with E-state index < -0.39 is 9.84 Å². The lowest BCUT2D eigenvalue weighted by Gasteiger charge is -2.34. The molecule has 0 saturated carbocycles. The molecule has 0 spiro atoms. The van der Waals surface area contributed by atoms with Crippen LogP contribution in [0.3, 0.4) is 0 Å². The van der Waals surface area contributed by atoms with Gasteiger partial charge in [0.25, 0.3) is 0 Å². The van der Waals surface area contributed by atoms with Crippen molar-refractivity contribution in [1.82, 2.24) is 15.0 Å². The van der Waals surface area contributed by atoms with Gasteiger partial charge >= 0.3 is 0 Å². The minimum Gasteiger partial charge on any atom is -0.361 e. The summed E-state index contributed by atoms with van der Waals surface area (Å²) in [7, 11) is -2.83. The van der Waals surface area contributed by atoms with Crippen molar-refractivity contribution in [2.45, 2.75) is 26.8 Å². The van der Waals surface area contributed by atoms with Crippen LogP contribution in [-0.4, -0.2) is 68.1 Å². The number of aryl methyl sites for hydroxylation is 2. The molecule has 2 heterocycles. The second kappa shape index (κ2) is 6.89. The van der Waals surface area contributed by atoms with Gasteiger partial charge in [-0.2, -0.15) is 0 Å². The summed E-state index contributed by atoms with van der Waals surface area (Å²) in [6.07, 6.45) is 2.03. The van der Waals surface area contributed by atoms with E-state index in [4.69, 9.17) is 4.52 Å². The highest BCUT2D eigenvalue weighted by molar-refractivity contribution is 7.90. The number of sulfone groups is 1. The first-order valence-electron chi connectivity index (χ1n) is 7.39. The van der Waals surface area contributed by atoms with E-state index in [2.05, 4.69) is 15.0 Å². The highest BCUT2D eigenvalue weighted by atomic mass is 32.2. The van der Waals surface area contributed by atoms with Crippen LogP contribution in [-0.2, 0) is 16.4 Å². The van der Waals surface area contributed by atoms with Crippen molar-refractivity contribution in [2.24, 2.45) is 0 Å². The smallest absolute Gasteiger partial charge is 0.147 e. The van der Waals surface area contributed by atoms with Gasteiger partial charge in [0.1, 0.15) is 15.6 Å². The first-order chi connectivity index (χ1) is 9.85. The first-order valence-corrected chi connectivity index (χ1v) is 9.45. The molecular formula is C14H25N3O3S. The van der Waals surface area contributed by atoms with Gasteiger partial charge in [0.2, 0.25) is 0 Å². The Morgan fingerprint density at radius 2 is 1.76 bits per heavy atom. The summed E-state index contributed by atoms with van der Waals surface area (Å²) in [5.74, 6) is 1.19. The highest BCUT2D eigenvalue weighted by Crippen LogP contribution is 2.16. The van der Waals surface area contributed by atoms with E-state index in [1.165, 1.54) is 11.8 Å². The zero-order valence-corrected chi connectivity index (χ0v) is 13.9. The van der Waals surface area contributed by atoms with Crippen LogP contribution in [0.2, 0.25) is 0 Å². The minimum absolute atomic E-state index is 0.284. The van der Waals surface area contributed by atoms with Crippen molar-refractivity contribution in [3.05, 3.63) is 17.0 Å². The number of aromatic nitrogens is 1. The quantitative estimate of drug-likeness (QED) is 0.775. The van der Waals surface area contributed by atoms with E-state index in [1.54, 1.807) is 0 Å². The Labute approximate surface area is 127 Å². The van der Waals surface area contributed by atoms with Gasteiger partial charge in [-0.15, -0.1) is 0 Å². The molecule has 1 aliphatic rings. The van der Waals surface area contributed by atoms with E-state index >= 15 is 0 Å². The van der Waals surface area contributed by atoms with E-state index in [-0.39, 0.29) is 5.75 Å². The van der Waals surface area contributed by atoms with Crippen LogP contribution < -0.4 is 0 Å². The second-order valence-electron chi connectivity index (χ2n) is 5.90. The summed E-state index contributed by atoms with van der Waals surface area (Å²) in [5, 5.41) is 3.99. The Balaban J connectivity index is 1.73. The second-order valence-corrected chi connectivity index (χ2v) is 8.16. The summed E-state index contributed by atoms with van der Waals surface area (Å²) < 4.78 is 27.4. The van der Waals surface area contributed by atoms with E-state index in [1.807, 2.05) is 13.8 Å². The predicted octanol–water partition coefficient (Wildman–Crippen LogP) is 0.844. The van der Waals surface area contributed by atoms with Crippen LogP contribution in [0.25, 0.3) is 0 Å². The summed E-state index contributed by atoms with van der Waals surface area (Å²) in [5.41, 5.74) is 2.17. The summed E-state index contributed by atoms with van der Waals surface area (Å²) in [4.78, 5) is 4.74. The van der Waals surface area contributed by atoms with Gasteiger partial charge in [-0.05, 0) is 26.8 Å². The maximum absolute atomic E-state index is 11.1. The minimum atomic E-state index is -2.83. The molecule has 0 unspecified atom stereocenters. The van der Waals surface area contributed by atoms with Gasteiger partial charge in [-0.3, -0.25) is 4.90 Å². The largest absolute Gasteiger partial charge is 0.361 e. The molecule has 0 amide bonds. The fourth-order valence-electron chi connectivity index (χ4n) is 2.67. The van der Waals surface area contributed by atoms with Crippen molar-refractivity contribution in [3.63, 3.8) is 0 Å². The SMILES string of the molecule is Cc1noc(C)c1CN1CCN(CCCS(C)(=O)=O)CC1. The van der Waals surface area contributed by atoms with Gasteiger partial charge < -0.3 is 9.42 Å². The molecule has 0 bridgehead atoms. The lowest BCUT2D eigenvalue weighted by Crippen LogP contribution is -2.46. The van der Waals surface area contributed by atoms with Crippen molar-refractivity contribution in [1.29, 1.82) is 0 Å². The van der Waals surface area contributed by atoms with Gasteiger partial charge in [-0.1, -0.05) is 5.16 Å². The lowest BCUT2D eigenvalue weighted by atomic mass is 10.2. The Morgan fingerprint density at radius 3 is 2.29 bits per heavy atom. The maximum Gasteiger partial charge on any atom is 0.147 e. The van der Waals surface area contributed by atoms with Crippen LogP contribution in [0.4, 0.5) is 0 Å². The molecule has 1 aromatic rings. The van der Waals surface area contributed by atoms with Crippen LogP contribution in [0.15, 0.2) is 4.52 Å². The summed E-state index contributed by atoms with van der Waals surface area (Å²) >= 11 is 0. The number of hydrogen-bond acceptors (Lipinski definition) is 6. The molecule has 0 N–H and O–H groups in total. The average Bonchev–Trinajstić information content (AvgIpc) is 2.71. The Hall–Kier alpha value is -0.920. The van der Waals surface area contributed by atoms with Gasteiger partial charge in [0.15, 0.2) is 0 Å². The zero-order valence-electron chi connectivity index (χ0n) is 13.1. The van der Waals surface area contributed by atoms with Crippen LogP contribution in [0, 0.1) is 13.8 Å². The fraction of sp³-hybridized carbons (Fsp3) is 0.786. The molecule has 0 aliphatic carbocycles. The van der Waals surface area contributed by atoms with Crippen LogP contribution >= 0.6 is 0 Å². The molecular weight excluding hydrogens is 290 g/mol. The molecule has 120 valence electrons. The van der Waals surface area contributed by atoms with Crippen LogP contribution in [0.5, 0.6) is 0 Å². The van der Waals surface area contributed by atoms with Crippen molar-refractivity contribution >= 4 is 9.84 Å². The Morgan fingerprint density at radius 1 is 1.14 bits per heavy atom. The molecule has 21 heavy (non-hydrogen) atoms. The highest BCUT2D eigenvalue weighted by Gasteiger charge is 2.19. The molecule has 0 atom stereocenters. The average molecular weight is 315 g/mol. The predicted molar refractivity (Wildman–Crippen MR) is 82.0 cm³/mol. The summed E-state index contributed by atoms with van der Waals surface area (Å²) in [6, 6.07) is 0. The third-order valence-corrected chi connectivity index (χ3v) is 5.05. The third-order valence-electron chi connectivity index (χ3n) is 4.02. The number of piperazine rings is 1. The maximum atomic E-state index is 11.1. The molecule has 6 nitrogen and oxygen atoms in total. The van der Waals surface area contributed by atoms with E-state index in [9.17, 15) is 8.42 Å². The van der Waals surface area contributed by atoms with Crippen molar-refractivity contribution < 1.29 is 12.9 Å². The third kappa shape index (κ3) is 5.09. The van der Waals surface area contributed by atoms with Crippen molar-refractivity contribution in [2.75, 3.05) is 44.7 Å². The monoisotopic (exact) mass is 315 g/mol. The van der Waals surface area contributed by atoms with E-state index in [0.29, 0.717) is 0 Å². The standard InChI is InChI=1S/C14H25N3O3S/c1-12-14(13(2)20-15-12)11-17-8-6-16(7-9-17)5-4-10-21(3,18)19/h4-11H2,1-3H3. The van der Waals surface area contributed by atoms with E-state index in [0.717, 1.165) is 57.1 Å². The Bertz CT molecular complexity index is 541. The molecule has 7 heteroatoms. The molecule has 2 rings (SSSR count). The molecule has 1 aliphatic heterocycles. The zero-order chi connectivity index (χ0) is 15.5. The topological polar surface area (TPSA) is 66.7 Å². The normalized spacial score (nSPS) is 18.2. The van der Waals surface area contributed by atoms with Gasteiger partial charge in [-0.25, -0.2) is 8.42 Å².